The molecule has 0 saturated carbocycles. The third-order valence-electron chi connectivity index (χ3n) is 5.32. The number of carbonyl (C=O) groups excluding carboxylic acids is 1. The Morgan fingerprint density at radius 1 is 1.04 bits per heavy atom. The van der Waals surface area contributed by atoms with Crippen LogP contribution in [0.25, 0.3) is 0 Å². The van der Waals surface area contributed by atoms with E-state index in [0.29, 0.717) is 31.7 Å². The fourth-order valence-corrected chi connectivity index (χ4v) is 5.51. The Balaban J connectivity index is 1.67. The third-order valence-corrected chi connectivity index (χ3v) is 7.17. The fraction of sp³-hybridized carbons (Fsp3) is 0.650. The highest BCUT2D eigenvalue weighted by Gasteiger charge is 2.32. The van der Waals surface area contributed by atoms with Gasteiger partial charge in [0.1, 0.15) is 0 Å². The monoisotopic (exact) mass is 409 g/mol. The molecule has 1 amide bonds. The van der Waals surface area contributed by atoms with Crippen molar-refractivity contribution in [2.24, 2.45) is 0 Å². The Bertz CT molecular complexity index is 763. The lowest BCUT2D eigenvalue weighted by atomic mass is 10.2. The molecule has 0 spiro atoms. The molecule has 28 heavy (non-hydrogen) atoms. The van der Waals surface area contributed by atoms with Gasteiger partial charge in [-0.1, -0.05) is 6.92 Å². The number of rotatable bonds is 5. The van der Waals surface area contributed by atoms with E-state index in [9.17, 15) is 13.2 Å². The summed E-state index contributed by atoms with van der Waals surface area (Å²) in [6.45, 7) is 10.9. The van der Waals surface area contributed by atoms with Gasteiger partial charge in [-0.3, -0.25) is 9.69 Å². The maximum absolute atomic E-state index is 12.9. The van der Waals surface area contributed by atoms with Crippen molar-refractivity contribution >= 4 is 15.9 Å². The molecule has 7 nitrogen and oxygen atoms in total. The van der Waals surface area contributed by atoms with Gasteiger partial charge in [0, 0.05) is 44.8 Å². The van der Waals surface area contributed by atoms with Gasteiger partial charge in [0.25, 0.3) is 5.91 Å². The van der Waals surface area contributed by atoms with Crippen molar-refractivity contribution in [3.8, 4) is 0 Å². The van der Waals surface area contributed by atoms with Crippen molar-refractivity contribution in [3.63, 3.8) is 0 Å². The van der Waals surface area contributed by atoms with Crippen molar-refractivity contribution in [2.75, 3.05) is 45.8 Å². The molecule has 2 heterocycles. The number of nitrogens with zero attached hydrogens (tertiary/aromatic N) is 3. The molecule has 2 atom stereocenters. The van der Waals surface area contributed by atoms with E-state index < -0.39 is 10.0 Å². The van der Waals surface area contributed by atoms with Crippen LogP contribution in [0.5, 0.6) is 0 Å². The number of piperazine rings is 1. The van der Waals surface area contributed by atoms with Gasteiger partial charge in [0.2, 0.25) is 10.0 Å². The van der Waals surface area contributed by atoms with E-state index in [4.69, 9.17) is 4.74 Å². The summed E-state index contributed by atoms with van der Waals surface area (Å²) < 4.78 is 33.0. The molecule has 1 aromatic rings. The first-order chi connectivity index (χ1) is 13.3. The van der Waals surface area contributed by atoms with E-state index in [1.165, 1.54) is 4.31 Å². The quantitative estimate of drug-likeness (QED) is 0.740. The maximum atomic E-state index is 12.9. The molecule has 1 aromatic carbocycles. The number of morpholine rings is 1. The van der Waals surface area contributed by atoms with E-state index in [1.807, 2.05) is 18.7 Å². The second-order valence-corrected chi connectivity index (χ2v) is 9.68. The van der Waals surface area contributed by atoms with Gasteiger partial charge in [0.15, 0.2) is 0 Å². The molecule has 0 bridgehead atoms. The highest BCUT2D eigenvalue weighted by atomic mass is 32.2. The number of ether oxygens (including phenoxy) is 1. The van der Waals surface area contributed by atoms with Crippen LogP contribution in [0.1, 0.15) is 37.6 Å². The van der Waals surface area contributed by atoms with Crippen LogP contribution in [0.15, 0.2) is 29.2 Å². The van der Waals surface area contributed by atoms with Crippen LogP contribution in [-0.4, -0.2) is 86.5 Å². The van der Waals surface area contributed by atoms with E-state index in [2.05, 4.69) is 11.8 Å². The summed E-state index contributed by atoms with van der Waals surface area (Å²) >= 11 is 0. The minimum atomic E-state index is -3.59. The zero-order valence-electron chi connectivity index (χ0n) is 17.0. The highest BCUT2D eigenvalue weighted by molar-refractivity contribution is 7.89. The standard InChI is InChI=1S/C20H31N3O4S/c1-4-9-21-10-12-22(13-11-21)20(24)18-5-7-19(8-6-18)28(25,26)23-14-16(2)27-17(3)15-23/h5-8,16-17H,4,9-15H2,1-3H3/t16-,17-/m0/s1. The van der Waals surface area contributed by atoms with Crippen LogP contribution in [-0.2, 0) is 14.8 Å². The second kappa shape index (κ2) is 8.90. The first kappa shape index (κ1) is 21.2. The van der Waals surface area contributed by atoms with Gasteiger partial charge in [-0.05, 0) is 51.1 Å². The largest absolute Gasteiger partial charge is 0.373 e. The molecule has 0 N–H and O–H groups in total. The van der Waals surface area contributed by atoms with E-state index >= 15 is 0 Å². The molecule has 2 aliphatic rings. The Kier molecular flexibility index (Phi) is 6.75. The van der Waals surface area contributed by atoms with Gasteiger partial charge in [-0.15, -0.1) is 0 Å². The summed E-state index contributed by atoms with van der Waals surface area (Å²) in [7, 11) is -3.59. The highest BCUT2D eigenvalue weighted by Crippen LogP contribution is 2.22. The lowest BCUT2D eigenvalue weighted by Crippen LogP contribution is -2.48. The number of hydrogen-bond donors (Lipinski definition) is 0. The molecule has 156 valence electrons. The molecule has 0 unspecified atom stereocenters. The Morgan fingerprint density at radius 2 is 1.61 bits per heavy atom. The molecule has 3 rings (SSSR count). The summed E-state index contributed by atoms with van der Waals surface area (Å²) in [4.78, 5) is 17.2. The average molecular weight is 410 g/mol. The lowest BCUT2D eigenvalue weighted by molar-refractivity contribution is -0.0440. The zero-order valence-corrected chi connectivity index (χ0v) is 17.8. The second-order valence-electron chi connectivity index (χ2n) is 7.74. The van der Waals surface area contributed by atoms with Crippen molar-refractivity contribution in [1.82, 2.24) is 14.1 Å². The Hall–Kier alpha value is -1.48. The SMILES string of the molecule is CCCN1CCN(C(=O)c2ccc(S(=O)(=O)N3C[C@H](C)O[C@@H](C)C3)cc2)CC1. The number of benzene rings is 1. The van der Waals surface area contributed by atoms with Crippen molar-refractivity contribution in [1.29, 1.82) is 0 Å². The molecular weight excluding hydrogens is 378 g/mol. The molecule has 2 aliphatic heterocycles. The molecule has 2 saturated heterocycles. The topological polar surface area (TPSA) is 70.2 Å². The van der Waals surface area contributed by atoms with Gasteiger partial charge in [-0.25, -0.2) is 8.42 Å². The minimum Gasteiger partial charge on any atom is -0.373 e. The van der Waals surface area contributed by atoms with Crippen LogP contribution in [0, 0.1) is 0 Å². The third kappa shape index (κ3) is 4.74. The van der Waals surface area contributed by atoms with Crippen molar-refractivity contribution < 1.29 is 17.9 Å². The number of carbonyl (C=O) groups is 1. The number of amides is 1. The normalized spacial score (nSPS) is 25.0. The first-order valence-corrected chi connectivity index (χ1v) is 11.5. The van der Waals surface area contributed by atoms with Gasteiger partial charge in [-0.2, -0.15) is 4.31 Å². The summed E-state index contributed by atoms with van der Waals surface area (Å²) in [5.74, 6) is -0.0336. The van der Waals surface area contributed by atoms with Crippen molar-refractivity contribution in [3.05, 3.63) is 29.8 Å². The predicted molar refractivity (Wildman–Crippen MR) is 108 cm³/mol. The summed E-state index contributed by atoms with van der Waals surface area (Å²) in [5, 5.41) is 0. The zero-order chi connectivity index (χ0) is 20.3. The summed E-state index contributed by atoms with van der Waals surface area (Å²) in [6, 6.07) is 6.34. The van der Waals surface area contributed by atoms with Crippen molar-refractivity contribution in [2.45, 2.75) is 44.3 Å². The Labute approximate surface area is 168 Å². The molecular formula is C20H31N3O4S. The smallest absolute Gasteiger partial charge is 0.253 e. The maximum Gasteiger partial charge on any atom is 0.253 e. The molecule has 2 fully saturated rings. The van der Waals surface area contributed by atoms with Crippen LogP contribution < -0.4 is 0 Å². The average Bonchev–Trinajstić information content (AvgIpc) is 2.68. The molecule has 8 heteroatoms. The van der Waals surface area contributed by atoms with Gasteiger partial charge >= 0.3 is 0 Å². The predicted octanol–water partition coefficient (Wildman–Crippen LogP) is 1.65. The van der Waals surface area contributed by atoms with E-state index in [0.717, 1.165) is 26.1 Å². The van der Waals surface area contributed by atoms with Crippen LogP contribution in [0.4, 0.5) is 0 Å². The Morgan fingerprint density at radius 3 is 2.14 bits per heavy atom. The fourth-order valence-electron chi connectivity index (χ4n) is 3.92. The minimum absolute atomic E-state index is 0.0336. The van der Waals surface area contributed by atoms with Gasteiger partial charge < -0.3 is 9.64 Å². The van der Waals surface area contributed by atoms with Crippen LogP contribution in [0.2, 0.25) is 0 Å². The van der Waals surface area contributed by atoms with E-state index in [1.54, 1.807) is 24.3 Å². The van der Waals surface area contributed by atoms with Gasteiger partial charge in [0.05, 0.1) is 17.1 Å². The van der Waals surface area contributed by atoms with Crippen LogP contribution in [0.3, 0.4) is 0 Å². The van der Waals surface area contributed by atoms with Crippen LogP contribution >= 0.6 is 0 Å². The number of hydrogen-bond acceptors (Lipinski definition) is 5. The van der Waals surface area contributed by atoms with E-state index in [-0.39, 0.29) is 23.0 Å². The molecule has 0 aromatic heterocycles. The summed E-state index contributed by atoms with van der Waals surface area (Å²) in [5.41, 5.74) is 0.534. The molecule has 0 radical (unpaired) electrons. The summed E-state index contributed by atoms with van der Waals surface area (Å²) in [6.07, 6.45) is 0.849. The first-order valence-electron chi connectivity index (χ1n) is 10.1. The lowest BCUT2D eigenvalue weighted by Gasteiger charge is -2.35. The number of sulfonamides is 1. The molecule has 0 aliphatic carbocycles.